The van der Waals surface area contributed by atoms with Crippen LogP contribution < -0.4 is 10.2 Å². The monoisotopic (exact) mass is 641 g/mol. The number of pyridine rings is 1. The lowest BCUT2D eigenvalue weighted by Crippen LogP contribution is -2.57. The molecule has 4 amide bonds. The van der Waals surface area contributed by atoms with Crippen molar-refractivity contribution in [2.24, 2.45) is 0 Å². The highest BCUT2D eigenvalue weighted by molar-refractivity contribution is 6.09. The van der Waals surface area contributed by atoms with Crippen molar-refractivity contribution in [1.82, 2.24) is 20.1 Å². The molecule has 5 rings (SSSR count). The average Bonchev–Trinajstić information content (AvgIpc) is 3.54. The van der Waals surface area contributed by atoms with E-state index in [1.54, 1.807) is 24.3 Å². The van der Waals surface area contributed by atoms with E-state index in [0.29, 0.717) is 29.7 Å². The molecule has 10 nitrogen and oxygen atoms in total. The maximum atomic E-state index is 13.3. The largest absolute Gasteiger partial charge is 0.463 e. The molecule has 2 aliphatic rings. The molecule has 3 aromatic rings. The molecule has 45 heavy (non-hydrogen) atoms. The highest BCUT2D eigenvalue weighted by Gasteiger charge is 2.70. The van der Waals surface area contributed by atoms with Crippen LogP contribution in [0, 0.1) is 0 Å². The zero-order valence-electron chi connectivity index (χ0n) is 24.1. The maximum absolute atomic E-state index is 13.3. The molecule has 2 atom stereocenters. The summed E-state index contributed by atoms with van der Waals surface area (Å²) in [5.41, 5.74) is -4.72. The smallest absolute Gasteiger partial charge is 0.426 e. The van der Waals surface area contributed by atoms with E-state index in [1.165, 1.54) is 43.3 Å². The van der Waals surface area contributed by atoms with E-state index in [0.717, 1.165) is 4.90 Å². The number of anilines is 1. The number of aromatic nitrogens is 1. The number of hydrogen-bond donors (Lipinski definition) is 2. The topological polar surface area (TPSA) is 119 Å². The summed E-state index contributed by atoms with van der Waals surface area (Å²) in [7, 11) is 0. The summed E-state index contributed by atoms with van der Waals surface area (Å²) in [6.07, 6.45) is -10.5. The Morgan fingerprint density at radius 2 is 1.67 bits per heavy atom. The molecule has 1 aromatic carbocycles. The molecule has 0 spiro atoms. The number of alkyl halides is 6. The van der Waals surface area contributed by atoms with Gasteiger partial charge < -0.3 is 24.6 Å². The molecule has 0 aliphatic carbocycles. The van der Waals surface area contributed by atoms with Crippen LogP contribution in [-0.4, -0.2) is 88.4 Å². The molecular weight excluding hydrogens is 612 g/mol. The number of amides is 4. The first-order valence-electron chi connectivity index (χ1n) is 13.9. The van der Waals surface area contributed by atoms with Crippen molar-refractivity contribution in [3.63, 3.8) is 0 Å². The Kier molecular flexibility index (Phi) is 8.00. The van der Waals surface area contributed by atoms with Crippen molar-refractivity contribution in [2.45, 2.75) is 49.7 Å². The van der Waals surface area contributed by atoms with Gasteiger partial charge in [-0.2, -0.15) is 26.3 Å². The number of carbonyl (C=O) groups is 3. The van der Waals surface area contributed by atoms with E-state index < -0.39 is 60.2 Å². The number of imide groups is 1. The third kappa shape index (κ3) is 5.78. The van der Waals surface area contributed by atoms with Gasteiger partial charge in [0.05, 0.1) is 18.2 Å². The summed E-state index contributed by atoms with van der Waals surface area (Å²) >= 11 is 0. The molecule has 2 aliphatic heterocycles. The molecule has 242 valence electrons. The Bertz CT molecular complexity index is 1590. The molecular formula is C29H29F6N5O5. The first kappa shape index (κ1) is 32.1. The highest BCUT2D eigenvalue weighted by Crippen LogP contribution is 2.48. The van der Waals surface area contributed by atoms with Crippen LogP contribution in [0.4, 0.5) is 36.8 Å². The van der Waals surface area contributed by atoms with Crippen LogP contribution >= 0.6 is 0 Å². The standard InChI is InChI=1S/C29H29F6N5O5/c1-17(14-27(44,28(30,31)32)29(33,34)35)18-3-5-20(6-4-18)38-8-10-39(11-9-38)23(41)16-40-24(42)26(2,37-25(40)43)22-13-19-7-12-45-21(19)15-36-22/h3-7,12-13,15,17,44H,8-11,14,16H2,1-2H3,(H,37,43). The number of benzene rings is 1. The number of rotatable bonds is 7. The van der Waals surface area contributed by atoms with Crippen LogP contribution in [0.1, 0.15) is 37.4 Å². The average molecular weight is 642 g/mol. The minimum Gasteiger partial charge on any atom is -0.463 e. The van der Waals surface area contributed by atoms with Gasteiger partial charge >= 0.3 is 18.4 Å². The molecule has 0 radical (unpaired) electrons. The number of nitrogens with one attached hydrogen (secondary N) is 1. The number of fused-ring (bicyclic) bond motifs is 1. The van der Waals surface area contributed by atoms with Crippen LogP contribution in [0.5, 0.6) is 0 Å². The second kappa shape index (κ2) is 11.2. The van der Waals surface area contributed by atoms with Gasteiger partial charge in [-0.05, 0) is 42.7 Å². The van der Waals surface area contributed by atoms with E-state index in [-0.39, 0.29) is 24.3 Å². The van der Waals surface area contributed by atoms with Crippen molar-refractivity contribution < 1.29 is 50.2 Å². The van der Waals surface area contributed by atoms with Crippen LogP contribution in [0.3, 0.4) is 0 Å². The molecule has 4 heterocycles. The molecule has 2 aromatic heterocycles. The summed E-state index contributed by atoms with van der Waals surface area (Å²) in [4.78, 5) is 47.6. The number of furan rings is 1. The SMILES string of the molecule is CC(CC(O)(C(F)(F)F)C(F)(F)F)c1ccc(N2CCN(C(=O)CN3C(=O)NC(C)(c4cc5ccoc5cn4)C3=O)CC2)cc1. The van der Waals surface area contributed by atoms with Gasteiger partial charge in [0.2, 0.25) is 5.91 Å². The van der Waals surface area contributed by atoms with E-state index >= 15 is 0 Å². The van der Waals surface area contributed by atoms with Gasteiger partial charge in [-0.3, -0.25) is 19.5 Å². The number of carbonyl (C=O) groups excluding carboxylic acids is 3. The van der Waals surface area contributed by atoms with Crippen molar-refractivity contribution in [3.8, 4) is 0 Å². The Labute approximate surface area is 252 Å². The minimum absolute atomic E-state index is 0.180. The fourth-order valence-corrected chi connectivity index (χ4v) is 5.57. The lowest BCUT2D eigenvalue weighted by atomic mass is 9.86. The zero-order chi connectivity index (χ0) is 32.9. The van der Waals surface area contributed by atoms with Gasteiger partial charge in [-0.25, -0.2) is 4.79 Å². The molecule has 2 unspecified atom stereocenters. The van der Waals surface area contributed by atoms with E-state index in [2.05, 4.69) is 10.3 Å². The lowest BCUT2D eigenvalue weighted by Gasteiger charge is -2.37. The van der Waals surface area contributed by atoms with Crippen molar-refractivity contribution >= 4 is 34.5 Å². The first-order valence-corrected chi connectivity index (χ1v) is 13.9. The minimum atomic E-state index is -5.89. The summed E-state index contributed by atoms with van der Waals surface area (Å²) < 4.78 is 84.0. The molecule has 16 heteroatoms. The van der Waals surface area contributed by atoms with Gasteiger partial charge in [-0.1, -0.05) is 19.1 Å². The molecule has 2 fully saturated rings. The Hall–Kier alpha value is -4.34. The van der Waals surface area contributed by atoms with Crippen LogP contribution in [-0.2, 0) is 15.1 Å². The quantitative estimate of drug-likeness (QED) is 0.292. The first-order chi connectivity index (χ1) is 20.9. The summed E-state index contributed by atoms with van der Waals surface area (Å²) in [6, 6.07) is 8.48. The number of piperazine rings is 1. The predicted octanol–water partition coefficient (Wildman–Crippen LogP) is 4.29. The Morgan fingerprint density at radius 3 is 2.27 bits per heavy atom. The van der Waals surface area contributed by atoms with Crippen LogP contribution in [0.15, 0.2) is 53.3 Å². The Morgan fingerprint density at radius 1 is 1.04 bits per heavy atom. The number of urea groups is 1. The van der Waals surface area contributed by atoms with Gasteiger partial charge in [0.1, 0.15) is 6.54 Å². The van der Waals surface area contributed by atoms with Gasteiger partial charge in [0, 0.05) is 43.7 Å². The van der Waals surface area contributed by atoms with Crippen molar-refractivity contribution in [2.75, 3.05) is 37.6 Å². The van der Waals surface area contributed by atoms with E-state index in [1.807, 2.05) is 4.90 Å². The van der Waals surface area contributed by atoms with Crippen LogP contribution in [0.2, 0.25) is 0 Å². The van der Waals surface area contributed by atoms with E-state index in [9.17, 15) is 45.8 Å². The van der Waals surface area contributed by atoms with Gasteiger partial charge in [-0.15, -0.1) is 0 Å². The second-order valence-corrected chi connectivity index (χ2v) is 11.4. The zero-order valence-corrected chi connectivity index (χ0v) is 24.1. The Balaban J connectivity index is 1.17. The summed E-state index contributed by atoms with van der Waals surface area (Å²) in [5.74, 6) is -2.35. The van der Waals surface area contributed by atoms with Crippen LogP contribution in [0.25, 0.3) is 11.0 Å². The molecule has 2 N–H and O–H groups in total. The van der Waals surface area contributed by atoms with Gasteiger partial charge in [0.25, 0.3) is 11.5 Å². The summed E-state index contributed by atoms with van der Waals surface area (Å²) in [6.45, 7) is 3.35. The van der Waals surface area contributed by atoms with E-state index in [4.69, 9.17) is 4.42 Å². The van der Waals surface area contributed by atoms with Crippen molar-refractivity contribution in [3.05, 3.63) is 60.1 Å². The molecule has 2 saturated heterocycles. The lowest BCUT2D eigenvalue weighted by molar-refractivity contribution is -0.370. The predicted molar refractivity (Wildman–Crippen MR) is 147 cm³/mol. The molecule has 0 saturated carbocycles. The maximum Gasteiger partial charge on any atom is 0.426 e. The summed E-state index contributed by atoms with van der Waals surface area (Å²) in [5, 5.41) is 12.8. The number of nitrogens with zero attached hydrogens (tertiary/aromatic N) is 4. The number of hydrogen-bond acceptors (Lipinski definition) is 7. The fourth-order valence-electron chi connectivity index (χ4n) is 5.57. The number of halogens is 6. The second-order valence-electron chi connectivity index (χ2n) is 11.4. The molecule has 0 bridgehead atoms. The van der Waals surface area contributed by atoms with Gasteiger partial charge in [0.15, 0.2) is 11.1 Å². The van der Waals surface area contributed by atoms with Crippen molar-refractivity contribution in [1.29, 1.82) is 0 Å². The normalized spacial score (nSPS) is 20.6. The third-order valence-corrected chi connectivity index (χ3v) is 8.42. The third-order valence-electron chi connectivity index (χ3n) is 8.42. The fraction of sp³-hybridized carbons (Fsp3) is 0.448. The number of aliphatic hydroxyl groups is 1. The highest BCUT2D eigenvalue weighted by atomic mass is 19.4.